The smallest absolute Gasteiger partial charge is 0.119 e. The molecule has 5 nitrogen and oxygen atoms in total. The van der Waals surface area contributed by atoms with Crippen LogP contribution in [0.4, 0.5) is 0 Å². The Morgan fingerprint density at radius 3 is 2.65 bits per heavy atom. The summed E-state index contributed by atoms with van der Waals surface area (Å²) in [5, 5.41) is 8.65. The third-order valence-electron chi connectivity index (χ3n) is 4.01. The van der Waals surface area contributed by atoms with Gasteiger partial charge in [0.15, 0.2) is 0 Å². The van der Waals surface area contributed by atoms with Crippen molar-refractivity contribution in [3.8, 4) is 11.8 Å². The summed E-state index contributed by atoms with van der Waals surface area (Å²) in [7, 11) is 0. The quantitative estimate of drug-likeness (QED) is 0.653. The first-order valence-electron chi connectivity index (χ1n) is 8.43. The van der Waals surface area contributed by atoms with E-state index in [1.54, 1.807) is 0 Å². The van der Waals surface area contributed by atoms with E-state index in [9.17, 15) is 0 Å². The number of rotatable bonds is 9. The Bertz CT molecular complexity index is 493. The molecule has 0 aromatic heterocycles. The predicted molar refractivity (Wildman–Crippen MR) is 90.4 cm³/mol. The van der Waals surface area contributed by atoms with Gasteiger partial charge < -0.3 is 9.47 Å². The van der Waals surface area contributed by atoms with Gasteiger partial charge in [-0.3, -0.25) is 9.80 Å². The second-order valence-electron chi connectivity index (χ2n) is 5.72. The average Bonchev–Trinajstić information content (AvgIpc) is 2.59. The maximum Gasteiger partial charge on any atom is 0.119 e. The summed E-state index contributed by atoms with van der Waals surface area (Å²) in [6.07, 6.45) is 0.626. The molecule has 0 saturated carbocycles. The Labute approximate surface area is 139 Å². The first-order valence-corrected chi connectivity index (χ1v) is 8.43. The van der Waals surface area contributed by atoms with Crippen LogP contribution in [0.15, 0.2) is 24.3 Å². The van der Waals surface area contributed by atoms with E-state index < -0.39 is 0 Å². The molecule has 1 aromatic carbocycles. The fourth-order valence-electron chi connectivity index (χ4n) is 2.73. The molecule has 0 atom stereocenters. The predicted octanol–water partition coefficient (Wildman–Crippen LogP) is 2.13. The molecule has 0 spiro atoms. The molecule has 0 unspecified atom stereocenters. The lowest BCUT2D eigenvalue weighted by atomic mass is 10.2. The molecule has 0 radical (unpaired) electrons. The van der Waals surface area contributed by atoms with Crippen LogP contribution < -0.4 is 4.74 Å². The van der Waals surface area contributed by atoms with Crippen LogP contribution in [0.1, 0.15) is 18.9 Å². The summed E-state index contributed by atoms with van der Waals surface area (Å²) in [4.78, 5) is 4.83. The standard InChI is InChI=1S/C18H27N3O2/c1-2-22-13-14-23-18-6-3-5-17(15-18)16-21-11-9-20(10-12-21)8-4-7-19/h3,5-6,15H,2,4,8-14,16H2,1H3. The van der Waals surface area contributed by atoms with Crippen molar-refractivity contribution in [2.24, 2.45) is 0 Å². The molecule has 1 fully saturated rings. The Morgan fingerprint density at radius 2 is 1.91 bits per heavy atom. The molecule has 5 heteroatoms. The SMILES string of the molecule is CCOCCOc1cccc(CN2CCN(CCC#N)CC2)c1. The van der Waals surface area contributed by atoms with Crippen molar-refractivity contribution in [2.45, 2.75) is 19.9 Å². The molecule has 1 aliphatic rings. The van der Waals surface area contributed by atoms with Crippen molar-refractivity contribution in [2.75, 3.05) is 52.5 Å². The van der Waals surface area contributed by atoms with E-state index in [4.69, 9.17) is 14.7 Å². The number of piperazine rings is 1. The van der Waals surface area contributed by atoms with Crippen LogP contribution in [-0.2, 0) is 11.3 Å². The Balaban J connectivity index is 1.74. The fraction of sp³-hybridized carbons (Fsp3) is 0.611. The Kier molecular flexibility index (Phi) is 7.88. The zero-order valence-corrected chi connectivity index (χ0v) is 14.0. The van der Waals surface area contributed by atoms with E-state index >= 15 is 0 Å². The highest BCUT2D eigenvalue weighted by molar-refractivity contribution is 5.28. The summed E-state index contributed by atoms with van der Waals surface area (Å²) in [5.41, 5.74) is 1.28. The van der Waals surface area contributed by atoms with Gasteiger partial charge in [0.05, 0.1) is 12.7 Å². The lowest BCUT2D eigenvalue weighted by Gasteiger charge is -2.34. The first-order chi connectivity index (χ1) is 11.3. The highest BCUT2D eigenvalue weighted by atomic mass is 16.5. The fourth-order valence-corrected chi connectivity index (χ4v) is 2.73. The van der Waals surface area contributed by atoms with E-state index in [1.807, 2.05) is 13.0 Å². The van der Waals surface area contributed by atoms with Gasteiger partial charge in [-0.15, -0.1) is 0 Å². The van der Waals surface area contributed by atoms with Gasteiger partial charge in [-0.25, -0.2) is 0 Å². The van der Waals surface area contributed by atoms with E-state index in [0.29, 0.717) is 19.6 Å². The van der Waals surface area contributed by atoms with Crippen LogP contribution in [0.3, 0.4) is 0 Å². The largest absolute Gasteiger partial charge is 0.491 e. The minimum Gasteiger partial charge on any atom is -0.491 e. The van der Waals surface area contributed by atoms with Crippen LogP contribution in [0.25, 0.3) is 0 Å². The van der Waals surface area contributed by atoms with E-state index in [0.717, 1.165) is 51.6 Å². The van der Waals surface area contributed by atoms with Crippen molar-refractivity contribution in [3.05, 3.63) is 29.8 Å². The van der Waals surface area contributed by atoms with Gasteiger partial charge in [0.2, 0.25) is 0 Å². The summed E-state index contributed by atoms with van der Waals surface area (Å²) >= 11 is 0. The molecule has 1 aromatic rings. The van der Waals surface area contributed by atoms with E-state index in [1.165, 1.54) is 5.56 Å². The number of nitrogens with zero attached hydrogens (tertiary/aromatic N) is 3. The summed E-state index contributed by atoms with van der Waals surface area (Å²) < 4.78 is 11.0. The number of hydrogen-bond acceptors (Lipinski definition) is 5. The third kappa shape index (κ3) is 6.57. The molecule has 0 amide bonds. The molecule has 0 N–H and O–H groups in total. The number of benzene rings is 1. The van der Waals surface area contributed by atoms with Crippen LogP contribution in [0.5, 0.6) is 5.75 Å². The lowest BCUT2D eigenvalue weighted by molar-refractivity contribution is 0.110. The van der Waals surface area contributed by atoms with Crippen LogP contribution >= 0.6 is 0 Å². The topological polar surface area (TPSA) is 48.7 Å². The van der Waals surface area contributed by atoms with Crippen LogP contribution in [0, 0.1) is 11.3 Å². The van der Waals surface area contributed by atoms with Crippen molar-refractivity contribution in [1.29, 1.82) is 5.26 Å². The highest BCUT2D eigenvalue weighted by Gasteiger charge is 2.16. The molecular formula is C18H27N3O2. The van der Waals surface area contributed by atoms with Gasteiger partial charge in [-0.2, -0.15) is 5.26 Å². The van der Waals surface area contributed by atoms with Gasteiger partial charge >= 0.3 is 0 Å². The zero-order chi connectivity index (χ0) is 16.3. The van der Waals surface area contributed by atoms with Gasteiger partial charge in [0.1, 0.15) is 12.4 Å². The van der Waals surface area contributed by atoms with Gasteiger partial charge in [-0.05, 0) is 24.6 Å². The molecule has 0 bridgehead atoms. The van der Waals surface area contributed by atoms with Crippen LogP contribution in [-0.4, -0.2) is 62.3 Å². The van der Waals surface area contributed by atoms with Crippen molar-refractivity contribution in [1.82, 2.24) is 9.80 Å². The van der Waals surface area contributed by atoms with Crippen molar-refractivity contribution >= 4 is 0 Å². The van der Waals surface area contributed by atoms with Crippen molar-refractivity contribution in [3.63, 3.8) is 0 Å². The van der Waals surface area contributed by atoms with Gasteiger partial charge in [0, 0.05) is 52.3 Å². The molecule has 0 aliphatic carbocycles. The molecular weight excluding hydrogens is 290 g/mol. The van der Waals surface area contributed by atoms with Crippen molar-refractivity contribution < 1.29 is 9.47 Å². The average molecular weight is 317 g/mol. The monoisotopic (exact) mass is 317 g/mol. The molecule has 2 rings (SSSR count). The zero-order valence-electron chi connectivity index (χ0n) is 14.0. The molecule has 1 saturated heterocycles. The maximum atomic E-state index is 8.65. The minimum atomic E-state index is 0.592. The maximum absolute atomic E-state index is 8.65. The molecule has 1 aliphatic heterocycles. The van der Waals surface area contributed by atoms with E-state index in [2.05, 4.69) is 34.1 Å². The molecule has 23 heavy (non-hydrogen) atoms. The summed E-state index contributed by atoms with van der Waals surface area (Å²) in [5.74, 6) is 0.912. The number of nitriles is 1. The minimum absolute atomic E-state index is 0.592. The third-order valence-corrected chi connectivity index (χ3v) is 4.01. The van der Waals surface area contributed by atoms with E-state index in [-0.39, 0.29) is 0 Å². The Morgan fingerprint density at radius 1 is 1.13 bits per heavy atom. The van der Waals surface area contributed by atoms with Crippen LogP contribution in [0.2, 0.25) is 0 Å². The summed E-state index contributed by atoms with van der Waals surface area (Å²) in [6, 6.07) is 10.5. The Hall–Kier alpha value is -1.61. The second kappa shape index (κ2) is 10.2. The number of hydrogen-bond donors (Lipinski definition) is 0. The lowest BCUT2D eigenvalue weighted by Crippen LogP contribution is -2.46. The second-order valence-corrected chi connectivity index (χ2v) is 5.72. The normalized spacial score (nSPS) is 16.2. The first kappa shape index (κ1) is 17.7. The highest BCUT2D eigenvalue weighted by Crippen LogP contribution is 2.16. The molecule has 1 heterocycles. The summed E-state index contributed by atoms with van der Waals surface area (Å²) in [6.45, 7) is 9.99. The van der Waals surface area contributed by atoms with Gasteiger partial charge in [0.25, 0.3) is 0 Å². The number of ether oxygens (including phenoxy) is 2. The van der Waals surface area contributed by atoms with Gasteiger partial charge in [-0.1, -0.05) is 12.1 Å². The molecule has 126 valence electrons.